The van der Waals surface area contributed by atoms with E-state index in [0.29, 0.717) is 5.90 Å². The molecule has 0 saturated heterocycles. The number of hydrogen-bond acceptors (Lipinski definition) is 9. The van der Waals surface area contributed by atoms with Gasteiger partial charge in [-0.15, -0.1) is 0 Å². The zero-order valence-electron chi connectivity index (χ0n) is 20.9. The van der Waals surface area contributed by atoms with Crippen LogP contribution in [-0.2, 0) is 24.1 Å². The van der Waals surface area contributed by atoms with E-state index in [1.54, 1.807) is 37.5 Å². The molecule has 0 saturated carbocycles. The van der Waals surface area contributed by atoms with E-state index in [-0.39, 0.29) is 41.7 Å². The molecule has 4 rings (SSSR count). The molecule has 0 spiro atoms. The van der Waals surface area contributed by atoms with E-state index in [0.717, 1.165) is 28.1 Å². The van der Waals surface area contributed by atoms with Gasteiger partial charge in [0.05, 0.1) is 10.6 Å². The van der Waals surface area contributed by atoms with Gasteiger partial charge in [0.15, 0.2) is 9.84 Å². The van der Waals surface area contributed by atoms with Crippen molar-refractivity contribution in [2.75, 3.05) is 24.3 Å². The van der Waals surface area contributed by atoms with Gasteiger partial charge < -0.3 is 20.5 Å². The predicted octanol–water partition coefficient (Wildman–Crippen LogP) is 3.06. The largest absolute Gasteiger partial charge is 0.476 e. The van der Waals surface area contributed by atoms with Gasteiger partial charge >= 0.3 is 5.97 Å². The van der Waals surface area contributed by atoms with Crippen LogP contribution in [0.1, 0.15) is 43.4 Å². The average molecular weight is 513 g/mol. The number of ether oxygens (including phenoxy) is 2. The van der Waals surface area contributed by atoms with Crippen molar-refractivity contribution < 1.29 is 22.7 Å². The number of nitrogens with zero attached hydrogens (tertiary/aromatic N) is 2. The Labute approximate surface area is 211 Å². The second-order valence-corrected chi connectivity index (χ2v) is 11.6. The summed E-state index contributed by atoms with van der Waals surface area (Å²) in [6.07, 6.45) is 3.50. The van der Waals surface area contributed by atoms with Gasteiger partial charge in [0.2, 0.25) is 5.90 Å². The number of esters is 1. The summed E-state index contributed by atoms with van der Waals surface area (Å²) < 4.78 is 36.2. The Kier molecular flexibility index (Phi) is 7.46. The number of carbonyl (C=O) groups is 1. The van der Waals surface area contributed by atoms with E-state index in [2.05, 4.69) is 21.4 Å². The van der Waals surface area contributed by atoms with Gasteiger partial charge in [0, 0.05) is 23.9 Å². The molecule has 3 atom stereocenters. The van der Waals surface area contributed by atoms with E-state index >= 15 is 0 Å². The number of aliphatic imine (C=N–C) groups is 1. The first-order chi connectivity index (χ1) is 17.1. The molecule has 0 amide bonds. The zero-order valence-corrected chi connectivity index (χ0v) is 21.7. The molecule has 3 heterocycles. The van der Waals surface area contributed by atoms with Crippen LogP contribution in [0, 0.1) is 12.8 Å². The number of rotatable bonds is 8. The number of anilines is 1. The number of benzene rings is 1. The molecule has 0 aliphatic carbocycles. The van der Waals surface area contributed by atoms with E-state index < -0.39 is 21.8 Å². The average Bonchev–Trinajstić information content (AvgIpc) is 3.25. The SMILES string of the molecule is CCS(=O)(=O)c1cccc(C2=CN=C(OCCOC(=O)[C@@H](N)C(C)C)C3Nc4ncc(C)cc4C23)c1. The number of carbonyl (C=O) groups excluding carboxylic acids is 1. The summed E-state index contributed by atoms with van der Waals surface area (Å²) >= 11 is 0. The molecular formula is C26H32N4O5S. The van der Waals surface area contributed by atoms with Crippen LogP contribution in [0.3, 0.4) is 0 Å². The fraction of sp³-hybridized carbons (Fsp3) is 0.423. The fourth-order valence-corrected chi connectivity index (χ4v) is 5.20. The van der Waals surface area contributed by atoms with Crippen LogP contribution in [0.4, 0.5) is 5.82 Å². The maximum atomic E-state index is 12.5. The number of sulfone groups is 1. The molecule has 9 nitrogen and oxygen atoms in total. The van der Waals surface area contributed by atoms with Crippen molar-refractivity contribution in [2.45, 2.75) is 50.6 Å². The fourth-order valence-electron chi connectivity index (χ4n) is 4.28. The molecule has 2 aromatic rings. The molecule has 0 bridgehead atoms. The topological polar surface area (TPSA) is 133 Å². The molecule has 0 radical (unpaired) electrons. The van der Waals surface area contributed by atoms with Crippen molar-refractivity contribution >= 4 is 33.1 Å². The first-order valence-corrected chi connectivity index (χ1v) is 13.7. The van der Waals surface area contributed by atoms with E-state index in [1.807, 2.05) is 26.8 Å². The van der Waals surface area contributed by atoms with Gasteiger partial charge in [-0.3, -0.25) is 4.79 Å². The Morgan fingerprint density at radius 3 is 2.72 bits per heavy atom. The molecule has 192 valence electrons. The van der Waals surface area contributed by atoms with E-state index in [4.69, 9.17) is 15.2 Å². The van der Waals surface area contributed by atoms with Crippen molar-refractivity contribution in [2.24, 2.45) is 16.6 Å². The summed E-state index contributed by atoms with van der Waals surface area (Å²) in [5.41, 5.74) is 9.47. The summed E-state index contributed by atoms with van der Waals surface area (Å²) in [5.74, 6) is 0.530. The van der Waals surface area contributed by atoms with Crippen molar-refractivity contribution in [3.05, 3.63) is 59.4 Å². The number of hydrogen-bond donors (Lipinski definition) is 2. The Bertz CT molecular complexity index is 1320. The lowest BCUT2D eigenvalue weighted by Gasteiger charge is -2.27. The Morgan fingerprint density at radius 2 is 2.00 bits per heavy atom. The lowest BCUT2D eigenvalue weighted by Crippen LogP contribution is -2.38. The highest BCUT2D eigenvalue weighted by molar-refractivity contribution is 7.91. The Morgan fingerprint density at radius 1 is 1.22 bits per heavy atom. The smallest absolute Gasteiger partial charge is 0.323 e. The monoisotopic (exact) mass is 512 g/mol. The van der Waals surface area contributed by atoms with Gasteiger partial charge in [0.25, 0.3) is 0 Å². The highest BCUT2D eigenvalue weighted by atomic mass is 32.2. The van der Waals surface area contributed by atoms with Gasteiger partial charge in [-0.2, -0.15) is 0 Å². The molecule has 2 unspecified atom stereocenters. The summed E-state index contributed by atoms with van der Waals surface area (Å²) in [6.45, 7) is 7.49. The first kappa shape index (κ1) is 25.8. The first-order valence-electron chi connectivity index (χ1n) is 12.0. The molecule has 0 fully saturated rings. The van der Waals surface area contributed by atoms with Crippen LogP contribution >= 0.6 is 0 Å². The number of pyridine rings is 1. The second kappa shape index (κ2) is 10.4. The van der Waals surface area contributed by atoms with Crippen molar-refractivity contribution in [3.8, 4) is 0 Å². The highest BCUT2D eigenvalue weighted by Gasteiger charge is 2.42. The Balaban J connectivity index is 1.61. The van der Waals surface area contributed by atoms with Gasteiger partial charge in [-0.1, -0.05) is 39.0 Å². The minimum Gasteiger partial charge on any atom is -0.476 e. The summed E-state index contributed by atoms with van der Waals surface area (Å²) in [6, 6.07) is 7.99. The predicted molar refractivity (Wildman–Crippen MR) is 138 cm³/mol. The third-order valence-corrected chi connectivity index (χ3v) is 8.15. The molecule has 2 aliphatic rings. The third-order valence-electron chi connectivity index (χ3n) is 6.42. The molecule has 2 aliphatic heterocycles. The Hall–Kier alpha value is -3.24. The van der Waals surface area contributed by atoms with Gasteiger partial charge in [-0.25, -0.2) is 18.4 Å². The van der Waals surface area contributed by atoms with E-state index in [9.17, 15) is 13.2 Å². The number of fused-ring (bicyclic) bond motifs is 3. The van der Waals surface area contributed by atoms with Crippen molar-refractivity contribution in [1.82, 2.24) is 4.98 Å². The minimum atomic E-state index is -3.36. The number of aromatic nitrogens is 1. The number of aryl methyl sites for hydroxylation is 1. The molecule has 3 N–H and O–H groups in total. The van der Waals surface area contributed by atoms with E-state index in [1.165, 1.54) is 0 Å². The van der Waals surface area contributed by atoms with Crippen molar-refractivity contribution in [1.29, 1.82) is 0 Å². The molecule has 1 aromatic carbocycles. The highest BCUT2D eigenvalue weighted by Crippen LogP contribution is 2.46. The van der Waals surface area contributed by atoms with Crippen molar-refractivity contribution in [3.63, 3.8) is 0 Å². The normalized spacial score (nSPS) is 19.5. The molecule has 1 aromatic heterocycles. The van der Waals surface area contributed by atoms with Crippen LogP contribution < -0.4 is 11.1 Å². The quantitative estimate of drug-likeness (QED) is 0.407. The maximum absolute atomic E-state index is 12.5. The molecular weight excluding hydrogens is 480 g/mol. The van der Waals surface area contributed by atoms with Gasteiger partial charge in [0.1, 0.15) is 31.1 Å². The van der Waals surface area contributed by atoms with Crippen LogP contribution in [0.2, 0.25) is 0 Å². The lowest BCUT2D eigenvalue weighted by atomic mass is 9.83. The van der Waals surface area contributed by atoms with Gasteiger partial charge in [-0.05, 0) is 41.7 Å². The molecule has 36 heavy (non-hydrogen) atoms. The summed E-state index contributed by atoms with van der Waals surface area (Å²) in [4.78, 5) is 21.4. The van der Waals surface area contributed by atoms with Crippen LogP contribution in [0.15, 0.2) is 52.6 Å². The summed E-state index contributed by atoms with van der Waals surface area (Å²) in [5, 5.41) is 3.40. The van der Waals surface area contributed by atoms with Crippen LogP contribution in [-0.4, -0.2) is 56.3 Å². The standard InChI is InChI=1S/C26H32N4O5S/c1-5-36(32,33)18-8-6-7-17(12-18)20-14-29-25(34-9-10-35-26(31)22(27)15(2)3)23-21(20)19-11-16(4)13-28-24(19)30-23/h6-8,11-15,21-23H,5,9-10,27H2,1-4H3,(H,28,30)/t21?,22-,23?/m0/s1. The number of nitrogens with two attached hydrogens (primary N) is 1. The third kappa shape index (κ3) is 5.15. The second-order valence-electron chi connectivity index (χ2n) is 9.32. The molecule has 10 heteroatoms. The zero-order chi connectivity index (χ0) is 26.0. The van der Waals surface area contributed by atoms with Crippen LogP contribution in [0.5, 0.6) is 0 Å². The lowest BCUT2D eigenvalue weighted by molar-refractivity contribution is -0.147. The minimum absolute atomic E-state index is 0.0200. The maximum Gasteiger partial charge on any atom is 0.323 e. The summed E-state index contributed by atoms with van der Waals surface area (Å²) in [7, 11) is -3.36. The van der Waals surface area contributed by atoms with Crippen LogP contribution in [0.25, 0.3) is 5.57 Å². The number of nitrogens with one attached hydrogen (secondary N) is 1.